The molecule has 0 aromatic heterocycles. The van der Waals surface area contributed by atoms with Crippen molar-refractivity contribution in [2.45, 2.75) is 44.9 Å². The monoisotopic (exact) mass is 133 g/mol. The molecule has 0 heterocycles. The summed E-state index contributed by atoms with van der Waals surface area (Å²) in [7, 11) is 0. The van der Waals surface area contributed by atoms with Gasteiger partial charge in [0.15, 0.2) is 0 Å². The van der Waals surface area contributed by atoms with E-state index in [4.69, 9.17) is 0 Å². The normalized spacial score (nSPS) is 18.9. The number of hydrogen-bond donors (Lipinski definition) is 0. The van der Waals surface area contributed by atoms with Crippen LogP contribution in [0.2, 0.25) is 0 Å². The Hall–Kier alpha value is 0.597. The van der Waals surface area contributed by atoms with Crippen molar-refractivity contribution in [3.63, 3.8) is 0 Å². The molecule has 10 heavy (non-hydrogen) atoms. The average molecular weight is 133 g/mol. The fourth-order valence-electron chi connectivity index (χ4n) is 1.73. The van der Waals surface area contributed by atoms with Crippen LogP contribution in [0.5, 0.6) is 0 Å². The van der Waals surface area contributed by atoms with Crippen LogP contribution in [0.3, 0.4) is 0 Å². The fraction of sp³-hybridized carbons (Fsp3) is 0.889. The summed E-state index contributed by atoms with van der Waals surface area (Å²) >= 11 is 0. The summed E-state index contributed by atoms with van der Waals surface area (Å²) < 4.78 is 0. The molecule has 0 aromatic rings. The van der Waals surface area contributed by atoms with Gasteiger partial charge in [-0.3, -0.25) is 0 Å². The van der Waals surface area contributed by atoms with E-state index in [2.05, 4.69) is 6.92 Å². The molecule has 0 saturated heterocycles. The molecule has 1 aliphatic carbocycles. The molecular formula is C9H18Li. The first-order chi connectivity index (χ1) is 4.43. The van der Waals surface area contributed by atoms with Crippen LogP contribution < -0.4 is 0 Å². The molecule has 0 nitrogen and oxygen atoms in total. The van der Waals surface area contributed by atoms with Gasteiger partial charge < -0.3 is 0 Å². The van der Waals surface area contributed by atoms with Crippen molar-refractivity contribution in [2.75, 3.05) is 0 Å². The van der Waals surface area contributed by atoms with Crippen molar-refractivity contribution in [1.82, 2.24) is 0 Å². The second kappa shape index (κ2) is 6.32. The van der Waals surface area contributed by atoms with Crippen molar-refractivity contribution in [1.29, 1.82) is 0 Å². The predicted molar refractivity (Wildman–Crippen MR) is 48.3 cm³/mol. The third kappa shape index (κ3) is 3.69. The van der Waals surface area contributed by atoms with Crippen LogP contribution in [0.1, 0.15) is 44.9 Å². The van der Waals surface area contributed by atoms with Gasteiger partial charge in [-0.05, 0) is 5.92 Å². The van der Waals surface area contributed by atoms with Gasteiger partial charge in [-0.25, -0.2) is 0 Å². The van der Waals surface area contributed by atoms with Gasteiger partial charge >= 0.3 is 18.9 Å². The van der Waals surface area contributed by atoms with Crippen LogP contribution in [0.25, 0.3) is 0 Å². The molecule has 0 unspecified atom stereocenters. The Morgan fingerprint density at radius 2 is 1.80 bits per heavy atom. The van der Waals surface area contributed by atoms with Crippen molar-refractivity contribution in [2.24, 2.45) is 5.92 Å². The summed E-state index contributed by atoms with van der Waals surface area (Å²) in [6.45, 7) is 3.85. The van der Waals surface area contributed by atoms with E-state index in [1.165, 1.54) is 38.5 Å². The number of hydrogen-bond acceptors (Lipinski definition) is 0. The van der Waals surface area contributed by atoms with E-state index in [1.807, 2.05) is 0 Å². The molecule has 0 aromatic carbocycles. The Balaban J connectivity index is 0.000000810. The number of unbranched alkanes of at least 4 members (excludes halogenated alkanes) is 1. The summed E-state index contributed by atoms with van der Waals surface area (Å²) in [5.41, 5.74) is 0. The van der Waals surface area contributed by atoms with Gasteiger partial charge in [0, 0.05) is 0 Å². The molecule has 1 rings (SSSR count). The molecule has 1 fully saturated rings. The molecule has 0 aliphatic heterocycles. The third-order valence-corrected chi connectivity index (χ3v) is 2.34. The van der Waals surface area contributed by atoms with Gasteiger partial charge in [0.25, 0.3) is 0 Å². The molecule has 0 amide bonds. The summed E-state index contributed by atoms with van der Waals surface area (Å²) in [5.74, 6) is 1.08. The van der Waals surface area contributed by atoms with E-state index >= 15 is 0 Å². The topological polar surface area (TPSA) is 0 Å². The van der Waals surface area contributed by atoms with Crippen LogP contribution in [0.4, 0.5) is 0 Å². The zero-order valence-electron chi connectivity index (χ0n) is 6.23. The minimum atomic E-state index is 0. The summed E-state index contributed by atoms with van der Waals surface area (Å²) in [6.07, 6.45) is 9.91. The second-order valence-electron chi connectivity index (χ2n) is 3.15. The van der Waals surface area contributed by atoms with E-state index in [1.54, 1.807) is 0 Å². The molecule has 1 heteroatoms. The van der Waals surface area contributed by atoms with Gasteiger partial charge in [-0.15, -0.1) is 0 Å². The summed E-state index contributed by atoms with van der Waals surface area (Å²) in [6, 6.07) is 0. The van der Waals surface area contributed by atoms with Crippen molar-refractivity contribution in [3.8, 4) is 0 Å². The average Bonchev–Trinajstić information content (AvgIpc) is 2.34. The van der Waals surface area contributed by atoms with Crippen molar-refractivity contribution >= 4 is 18.9 Å². The van der Waals surface area contributed by atoms with Crippen molar-refractivity contribution in [3.05, 3.63) is 6.92 Å². The van der Waals surface area contributed by atoms with E-state index < -0.39 is 0 Å². The number of rotatable bonds is 3. The SMILES string of the molecule is [CH2]CCCC1CCCC1.[LiH]. The standard InChI is InChI=1S/C9H17.Li.H/c1-2-3-6-9-7-4-5-8-9;;/h9H,1-8H2;;. The molecule has 0 bridgehead atoms. The molecule has 1 radical (unpaired) electrons. The van der Waals surface area contributed by atoms with Gasteiger partial charge in [-0.2, -0.15) is 0 Å². The quantitative estimate of drug-likeness (QED) is 0.519. The molecule has 55 valence electrons. The fourth-order valence-corrected chi connectivity index (χ4v) is 1.73. The predicted octanol–water partition coefficient (Wildman–Crippen LogP) is 2.53. The molecule has 1 aliphatic rings. The zero-order valence-corrected chi connectivity index (χ0v) is 6.23. The van der Waals surface area contributed by atoms with Crippen LogP contribution in [-0.4, -0.2) is 18.9 Å². The maximum atomic E-state index is 3.85. The third-order valence-electron chi connectivity index (χ3n) is 2.34. The van der Waals surface area contributed by atoms with Gasteiger partial charge in [0.1, 0.15) is 0 Å². The van der Waals surface area contributed by atoms with Gasteiger partial charge in [-0.1, -0.05) is 51.9 Å². The Morgan fingerprint density at radius 3 is 2.30 bits per heavy atom. The summed E-state index contributed by atoms with van der Waals surface area (Å²) in [5, 5.41) is 0. The molecule has 1 saturated carbocycles. The van der Waals surface area contributed by atoms with E-state index in [0.29, 0.717) is 0 Å². The van der Waals surface area contributed by atoms with Crippen LogP contribution in [0.15, 0.2) is 0 Å². The van der Waals surface area contributed by atoms with Crippen LogP contribution in [0, 0.1) is 12.8 Å². The van der Waals surface area contributed by atoms with Gasteiger partial charge in [0.05, 0.1) is 0 Å². The Labute approximate surface area is 77.0 Å². The molecular weight excluding hydrogens is 115 g/mol. The Morgan fingerprint density at radius 1 is 1.20 bits per heavy atom. The van der Waals surface area contributed by atoms with E-state index in [-0.39, 0.29) is 18.9 Å². The summed E-state index contributed by atoms with van der Waals surface area (Å²) in [4.78, 5) is 0. The van der Waals surface area contributed by atoms with Crippen LogP contribution in [-0.2, 0) is 0 Å². The van der Waals surface area contributed by atoms with E-state index in [9.17, 15) is 0 Å². The maximum absolute atomic E-state index is 3.85. The second-order valence-corrected chi connectivity index (χ2v) is 3.15. The molecule has 0 N–H and O–H groups in total. The first kappa shape index (κ1) is 10.6. The van der Waals surface area contributed by atoms with Crippen LogP contribution >= 0.6 is 0 Å². The van der Waals surface area contributed by atoms with Crippen molar-refractivity contribution < 1.29 is 0 Å². The molecule has 0 spiro atoms. The molecule has 0 atom stereocenters. The Kier molecular flexibility index (Phi) is 6.69. The zero-order chi connectivity index (χ0) is 6.53. The first-order valence-corrected chi connectivity index (χ1v) is 4.22. The van der Waals surface area contributed by atoms with E-state index in [0.717, 1.165) is 12.3 Å². The Bertz CT molecular complexity index is 65.1. The van der Waals surface area contributed by atoms with Gasteiger partial charge in [0.2, 0.25) is 0 Å². The first-order valence-electron chi connectivity index (χ1n) is 4.22. The minimum absolute atomic E-state index is 0.